The van der Waals surface area contributed by atoms with Crippen molar-refractivity contribution >= 4 is 22.9 Å². The van der Waals surface area contributed by atoms with Crippen molar-refractivity contribution in [1.29, 1.82) is 0 Å². The van der Waals surface area contributed by atoms with E-state index in [2.05, 4.69) is 5.32 Å². The Morgan fingerprint density at radius 1 is 1.35 bits per heavy atom. The minimum Gasteiger partial charge on any atom is -0.488 e. The average molecular weight is 314 g/mol. The van der Waals surface area contributed by atoms with Crippen molar-refractivity contribution in [2.75, 3.05) is 6.54 Å². The van der Waals surface area contributed by atoms with Gasteiger partial charge in [0.2, 0.25) is 0 Å². The number of hydrogen-bond acceptors (Lipinski definition) is 3. The first-order chi connectivity index (χ1) is 9.60. The fourth-order valence-electron chi connectivity index (χ4n) is 1.98. The van der Waals surface area contributed by atoms with Crippen LogP contribution in [0.4, 0.5) is 4.39 Å². The van der Waals surface area contributed by atoms with Gasteiger partial charge in [0, 0.05) is 16.5 Å². The summed E-state index contributed by atoms with van der Waals surface area (Å²) in [5.74, 6) is 0.445. The van der Waals surface area contributed by atoms with Gasteiger partial charge in [-0.1, -0.05) is 18.5 Å². The van der Waals surface area contributed by atoms with Crippen molar-refractivity contribution in [2.45, 2.75) is 26.5 Å². The Bertz CT molecular complexity index is 573. The summed E-state index contributed by atoms with van der Waals surface area (Å²) in [6.07, 6.45) is 0. The summed E-state index contributed by atoms with van der Waals surface area (Å²) in [6, 6.07) is 8.43. The molecule has 1 unspecified atom stereocenters. The van der Waals surface area contributed by atoms with Crippen molar-refractivity contribution in [1.82, 2.24) is 5.32 Å². The quantitative estimate of drug-likeness (QED) is 0.828. The molecule has 0 amide bonds. The molecular formula is C15H17ClFNOS. The topological polar surface area (TPSA) is 21.3 Å². The first kappa shape index (κ1) is 15.3. The highest BCUT2D eigenvalue weighted by Crippen LogP contribution is 2.28. The number of halogens is 2. The Morgan fingerprint density at radius 2 is 2.15 bits per heavy atom. The van der Waals surface area contributed by atoms with Crippen LogP contribution in [0, 0.1) is 5.82 Å². The van der Waals surface area contributed by atoms with E-state index in [0.29, 0.717) is 12.4 Å². The second-order valence-corrected chi connectivity index (χ2v) is 6.26. The van der Waals surface area contributed by atoms with E-state index in [0.717, 1.165) is 21.3 Å². The van der Waals surface area contributed by atoms with Crippen LogP contribution < -0.4 is 10.1 Å². The molecule has 2 rings (SSSR count). The first-order valence-electron chi connectivity index (χ1n) is 6.50. The maximum Gasteiger partial charge on any atom is 0.124 e. The molecule has 1 atom stereocenters. The normalized spacial score (nSPS) is 12.4. The van der Waals surface area contributed by atoms with Gasteiger partial charge in [-0.15, -0.1) is 11.3 Å². The zero-order chi connectivity index (χ0) is 14.5. The second kappa shape index (κ2) is 7.07. The van der Waals surface area contributed by atoms with Crippen LogP contribution in [0.15, 0.2) is 30.3 Å². The molecule has 1 aromatic carbocycles. The summed E-state index contributed by atoms with van der Waals surface area (Å²) < 4.78 is 20.0. The van der Waals surface area contributed by atoms with Crippen LogP contribution in [0.1, 0.15) is 30.3 Å². The first-order valence-corrected chi connectivity index (χ1v) is 7.69. The predicted molar refractivity (Wildman–Crippen MR) is 82.2 cm³/mol. The van der Waals surface area contributed by atoms with Crippen LogP contribution in [-0.4, -0.2) is 6.54 Å². The fourth-order valence-corrected chi connectivity index (χ4v) is 2.98. The molecule has 0 bridgehead atoms. The van der Waals surface area contributed by atoms with Gasteiger partial charge in [0.15, 0.2) is 0 Å². The van der Waals surface area contributed by atoms with E-state index >= 15 is 0 Å². The van der Waals surface area contributed by atoms with Gasteiger partial charge in [0.25, 0.3) is 0 Å². The number of hydrogen-bond donors (Lipinski definition) is 1. The minimum absolute atomic E-state index is 0.0395. The van der Waals surface area contributed by atoms with E-state index in [4.69, 9.17) is 16.3 Å². The maximum absolute atomic E-state index is 13.4. The van der Waals surface area contributed by atoms with Crippen LogP contribution in [0.2, 0.25) is 4.34 Å². The van der Waals surface area contributed by atoms with Gasteiger partial charge in [-0.3, -0.25) is 0 Å². The molecule has 2 aromatic rings. The summed E-state index contributed by atoms with van der Waals surface area (Å²) in [5, 5.41) is 3.27. The van der Waals surface area contributed by atoms with Crippen LogP contribution in [-0.2, 0) is 6.61 Å². The highest BCUT2D eigenvalue weighted by atomic mass is 35.5. The zero-order valence-electron chi connectivity index (χ0n) is 11.5. The summed E-state index contributed by atoms with van der Waals surface area (Å²) in [6.45, 7) is 5.27. The summed E-state index contributed by atoms with van der Waals surface area (Å²) in [5.41, 5.74) is 0.828. The van der Waals surface area contributed by atoms with Crippen molar-refractivity contribution < 1.29 is 9.13 Å². The van der Waals surface area contributed by atoms with Crippen LogP contribution in [0.5, 0.6) is 5.75 Å². The molecule has 1 heterocycles. The molecule has 0 aliphatic rings. The number of thiophene rings is 1. The zero-order valence-corrected chi connectivity index (χ0v) is 13.0. The lowest BCUT2D eigenvalue weighted by Gasteiger charge is -2.17. The highest BCUT2D eigenvalue weighted by Gasteiger charge is 2.12. The minimum atomic E-state index is -0.253. The number of nitrogens with one attached hydrogen (secondary N) is 1. The number of rotatable bonds is 6. The van der Waals surface area contributed by atoms with Crippen molar-refractivity contribution in [2.24, 2.45) is 0 Å². The van der Waals surface area contributed by atoms with Crippen LogP contribution in [0.25, 0.3) is 0 Å². The van der Waals surface area contributed by atoms with E-state index in [-0.39, 0.29) is 11.9 Å². The third-order valence-electron chi connectivity index (χ3n) is 2.95. The van der Waals surface area contributed by atoms with E-state index in [1.54, 1.807) is 6.07 Å². The van der Waals surface area contributed by atoms with Crippen molar-refractivity contribution in [3.8, 4) is 5.75 Å². The standard InChI is InChI=1S/C15H17ClFNOS/c1-3-18-10(2)13-8-11(17)4-6-14(13)19-9-12-5-7-15(16)20-12/h4-8,10,18H,3,9H2,1-2H3. The van der Waals surface area contributed by atoms with Crippen LogP contribution in [0.3, 0.4) is 0 Å². The summed E-state index contributed by atoms with van der Waals surface area (Å²) >= 11 is 7.37. The molecule has 0 fully saturated rings. The highest BCUT2D eigenvalue weighted by molar-refractivity contribution is 7.16. The Hall–Kier alpha value is -1.10. The van der Waals surface area contributed by atoms with Crippen molar-refractivity contribution in [3.05, 3.63) is 50.9 Å². The largest absolute Gasteiger partial charge is 0.488 e. The second-order valence-electron chi connectivity index (χ2n) is 4.46. The lowest BCUT2D eigenvalue weighted by molar-refractivity contribution is 0.302. The van der Waals surface area contributed by atoms with Gasteiger partial charge in [0.05, 0.1) is 4.34 Å². The van der Waals surface area contributed by atoms with Crippen LogP contribution >= 0.6 is 22.9 Å². The van der Waals surface area contributed by atoms with Crippen molar-refractivity contribution in [3.63, 3.8) is 0 Å². The molecule has 0 aliphatic carbocycles. The number of benzene rings is 1. The molecule has 0 aliphatic heterocycles. The van der Waals surface area contributed by atoms with E-state index in [1.807, 2.05) is 26.0 Å². The molecule has 0 spiro atoms. The molecule has 0 saturated heterocycles. The summed E-state index contributed by atoms with van der Waals surface area (Å²) in [7, 11) is 0. The van der Waals surface area contributed by atoms with E-state index in [9.17, 15) is 4.39 Å². The monoisotopic (exact) mass is 313 g/mol. The Labute approximate surface area is 127 Å². The number of ether oxygens (including phenoxy) is 1. The molecule has 20 heavy (non-hydrogen) atoms. The smallest absolute Gasteiger partial charge is 0.124 e. The summed E-state index contributed by atoms with van der Waals surface area (Å²) in [4.78, 5) is 1.04. The SMILES string of the molecule is CCNC(C)c1cc(F)ccc1OCc1ccc(Cl)s1. The molecule has 5 heteroatoms. The van der Waals surface area contributed by atoms with Gasteiger partial charge in [-0.05, 0) is 43.8 Å². The van der Waals surface area contributed by atoms with Gasteiger partial charge < -0.3 is 10.1 Å². The lowest BCUT2D eigenvalue weighted by atomic mass is 10.1. The maximum atomic E-state index is 13.4. The molecular weight excluding hydrogens is 297 g/mol. The third-order valence-corrected chi connectivity index (χ3v) is 4.15. The van der Waals surface area contributed by atoms with Gasteiger partial charge in [-0.25, -0.2) is 4.39 Å². The van der Waals surface area contributed by atoms with Gasteiger partial charge in [-0.2, -0.15) is 0 Å². The molecule has 1 aromatic heterocycles. The molecule has 0 saturated carbocycles. The Kier molecular flexibility index (Phi) is 5.40. The molecule has 2 nitrogen and oxygen atoms in total. The third kappa shape index (κ3) is 3.95. The lowest BCUT2D eigenvalue weighted by Crippen LogP contribution is -2.18. The average Bonchev–Trinajstić information content (AvgIpc) is 2.83. The van der Waals surface area contributed by atoms with E-state index in [1.165, 1.54) is 23.5 Å². The van der Waals surface area contributed by atoms with Gasteiger partial charge in [0.1, 0.15) is 18.2 Å². The Balaban J connectivity index is 2.13. The molecule has 1 N–H and O–H groups in total. The molecule has 0 radical (unpaired) electrons. The van der Waals surface area contributed by atoms with E-state index < -0.39 is 0 Å². The molecule has 108 valence electrons. The Morgan fingerprint density at radius 3 is 2.80 bits per heavy atom. The fraction of sp³-hybridized carbons (Fsp3) is 0.333. The van der Waals surface area contributed by atoms with Gasteiger partial charge >= 0.3 is 0 Å². The predicted octanol–water partition coefficient (Wildman–Crippen LogP) is 4.79.